The lowest BCUT2D eigenvalue weighted by Gasteiger charge is -2.31. The SMILES string of the molecule is CC(C)(C)OC(=O)n1ncc2c1CCC(N1CC[C@@H](Cc3c(Cl)cc(OCc4ccccc4)cc3Cl)C1=O)C2. The molecule has 1 aliphatic heterocycles. The molecule has 0 N–H and O–H groups in total. The lowest BCUT2D eigenvalue weighted by Crippen LogP contribution is -2.41. The van der Waals surface area contributed by atoms with Gasteiger partial charge in [0.2, 0.25) is 5.91 Å². The van der Waals surface area contributed by atoms with E-state index in [1.807, 2.05) is 56.0 Å². The van der Waals surface area contributed by atoms with Crippen molar-refractivity contribution >= 4 is 35.2 Å². The van der Waals surface area contributed by atoms with Gasteiger partial charge in [-0.25, -0.2) is 4.79 Å². The minimum absolute atomic E-state index is 0.0750. The molecule has 1 saturated heterocycles. The summed E-state index contributed by atoms with van der Waals surface area (Å²) >= 11 is 13.2. The molecule has 39 heavy (non-hydrogen) atoms. The zero-order valence-electron chi connectivity index (χ0n) is 22.5. The number of likely N-dealkylation sites (tertiary alicyclic amines) is 1. The molecule has 9 heteroatoms. The quantitative estimate of drug-likeness (QED) is 0.338. The van der Waals surface area contributed by atoms with Crippen LogP contribution in [-0.4, -0.2) is 44.9 Å². The molecule has 1 aliphatic carbocycles. The number of ether oxygens (including phenoxy) is 2. The van der Waals surface area contributed by atoms with Gasteiger partial charge in [0.15, 0.2) is 0 Å². The molecule has 5 rings (SSSR count). The highest BCUT2D eigenvalue weighted by molar-refractivity contribution is 6.36. The van der Waals surface area contributed by atoms with E-state index in [-0.39, 0.29) is 17.9 Å². The summed E-state index contributed by atoms with van der Waals surface area (Å²) in [6.07, 6.45) is 4.60. The number of carbonyl (C=O) groups excluding carboxylic acids is 2. The van der Waals surface area contributed by atoms with Gasteiger partial charge in [-0.15, -0.1) is 0 Å². The van der Waals surface area contributed by atoms with Crippen LogP contribution in [0.15, 0.2) is 48.7 Å². The molecule has 7 nitrogen and oxygen atoms in total. The predicted octanol–water partition coefficient (Wildman–Crippen LogP) is 6.50. The van der Waals surface area contributed by atoms with Crippen LogP contribution in [0.1, 0.15) is 56.0 Å². The summed E-state index contributed by atoms with van der Waals surface area (Å²) in [5, 5.41) is 5.30. The summed E-state index contributed by atoms with van der Waals surface area (Å²) < 4.78 is 12.7. The van der Waals surface area contributed by atoms with Gasteiger partial charge in [0.1, 0.15) is 18.0 Å². The molecule has 1 aromatic heterocycles. The van der Waals surface area contributed by atoms with Gasteiger partial charge in [-0.05, 0) is 81.7 Å². The van der Waals surface area contributed by atoms with E-state index in [0.717, 1.165) is 35.2 Å². The molecule has 0 radical (unpaired) electrons. The maximum Gasteiger partial charge on any atom is 0.435 e. The smallest absolute Gasteiger partial charge is 0.435 e. The minimum Gasteiger partial charge on any atom is -0.489 e. The minimum atomic E-state index is -0.592. The zero-order chi connectivity index (χ0) is 27.7. The molecular formula is C30H33Cl2N3O4. The first-order valence-corrected chi connectivity index (χ1v) is 14.1. The van der Waals surface area contributed by atoms with E-state index in [1.54, 1.807) is 18.3 Å². The first-order chi connectivity index (χ1) is 18.6. The van der Waals surface area contributed by atoms with E-state index in [0.29, 0.717) is 48.2 Å². The summed E-state index contributed by atoms with van der Waals surface area (Å²) in [7, 11) is 0. The molecule has 2 atom stereocenters. The zero-order valence-corrected chi connectivity index (χ0v) is 24.0. The van der Waals surface area contributed by atoms with Crippen LogP contribution in [0.5, 0.6) is 5.75 Å². The number of halogens is 2. The van der Waals surface area contributed by atoms with Crippen molar-refractivity contribution in [1.82, 2.24) is 14.7 Å². The third kappa shape index (κ3) is 6.25. The number of nitrogens with zero attached hydrogens (tertiary/aromatic N) is 3. The van der Waals surface area contributed by atoms with Crippen LogP contribution in [0.25, 0.3) is 0 Å². The highest BCUT2D eigenvalue weighted by atomic mass is 35.5. The number of aromatic nitrogens is 2. The maximum absolute atomic E-state index is 13.5. The van der Waals surface area contributed by atoms with Crippen LogP contribution in [0.3, 0.4) is 0 Å². The van der Waals surface area contributed by atoms with E-state index in [4.69, 9.17) is 32.7 Å². The summed E-state index contributed by atoms with van der Waals surface area (Å²) in [6, 6.07) is 13.5. The Morgan fingerprint density at radius 1 is 1.10 bits per heavy atom. The molecule has 1 amide bonds. The Kier molecular flexibility index (Phi) is 7.92. The largest absolute Gasteiger partial charge is 0.489 e. The van der Waals surface area contributed by atoms with Crippen molar-refractivity contribution in [2.24, 2.45) is 5.92 Å². The average molecular weight is 571 g/mol. The number of rotatable bonds is 6. The second kappa shape index (κ2) is 11.2. The lowest BCUT2D eigenvalue weighted by molar-refractivity contribution is -0.133. The molecule has 0 bridgehead atoms. The van der Waals surface area contributed by atoms with Crippen LogP contribution in [0, 0.1) is 5.92 Å². The second-order valence-electron chi connectivity index (χ2n) is 11.3. The van der Waals surface area contributed by atoms with Crippen LogP contribution >= 0.6 is 23.2 Å². The molecule has 2 aliphatic rings. The van der Waals surface area contributed by atoms with Crippen LogP contribution in [0.2, 0.25) is 10.0 Å². The molecule has 0 spiro atoms. The predicted molar refractivity (Wildman–Crippen MR) is 150 cm³/mol. The number of carbonyl (C=O) groups is 2. The van der Waals surface area contributed by atoms with Crippen molar-refractivity contribution in [3.8, 4) is 5.75 Å². The van der Waals surface area contributed by atoms with Crippen LogP contribution in [-0.2, 0) is 35.4 Å². The molecule has 2 aromatic carbocycles. The second-order valence-corrected chi connectivity index (χ2v) is 12.1. The van der Waals surface area contributed by atoms with E-state index in [9.17, 15) is 9.59 Å². The number of hydrogen-bond donors (Lipinski definition) is 0. The first-order valence-electron chi connectivity index (χ1n) is 13.3. The van der Waals surface area contributed by atoms with Gasteiger partial charge >= 0.3 is 6.09 Å². The van der Waals surface area contributed by atoms with E-state index in [1.165, 1.54) is 4.68 Å². The van der Waals surface area contributed by atoms with Crippen molar-refractivity contribution in [3.63, 3.8) is 0 Å². The normalized spacial score (nSPS) is 19.2. The average Bonchev–Trinajstić information content (AvgIpc) is 3.47. The Morgan fingerprint density at radius 3 is 2.51 bits per heavy atom. The van der Waals surface area contributed by atoms with E-state index < -0.39 is 11.7 Å². The van der Waals surface area contributed by atoms with Crippen molar-refractivity contribution in [3.05, 3.63) is 81.1 Å². The van der Waals surface area contributed by atoms with Gasteiger partial charge in [0, 0.05) is 28.5 Å². The Bertz CT molecular complexity index is 1340. The number of fused-ring (bicyclic) bond motifs is 1. The van der Waals surface area contributed by atoms with Gasteiger partial charge in [0.05, 0.1) is 11.9 Å². The highest BCUT2D eigenvalue weighted by Crippen LogP contribution is 2.36. The summed E-state index contributed by atoms with van der Waals surface area (Å²) in [5.74, 6) is 0.545. The fourth-order valence-corrected chi connectivity index (χ4v) is 6.01. The van der Waals surface area contributed by atoms with Gasteiger partial charge in [-0.1, -0.05) is 53.5 Å². The van der Waals surface area contributed by atoms with Crippen molar-refractivity contribution in [1.29, 1.82) is 0 Å². The molecule has 3 aromatic rings. The third-order valence-electron chi connectivity index (χ3n) is 7.30. The third-order valence-corrected chi connectivity index (χ3v) is 7.97. The first kappa shape index (κ1) is 27.5. The fraction of sp³-hybridized carbons (Fsp3) is 0.433. The van der Waals surface area contributed by atoms with E-state index in [2.05, 4.69) is 5.10 Å². The van der Waals surface area contributed by atoms with Crippen LogP contribution in [0.4, 0.5) is 4.79 Å². The monoisotopic (exact) mass is 569 g/mol. The Hall–Kier alpha value is -3.03. The fourth-order valence-electron chi connectivity index (χ4n) is 5.39. The lowest BCUT2D eigenvalue weighted by atomic mass is 9.92. The van der Waals surface area contributed by atoms with Crippen molar-refractivity contribution in [2.45, 2.75) is 71.1 Å². The van der Waals surface area contributed by atoms with Gasteiger partial charge in [-0.2, -0.15) is 9.78 Å². The van der Waals surface area contributed by atoms with Crippen molar-refractivity contribution < 1.29 is 19.1 Å². The molecule has 0 saturated carbocycles. The molecule has 1 unspecified atom stereocenters. The van der Waals surface area contributed by atoms with E-state index >= 15 is 0 Å². The Morgan fingerprint density at radius 2 is 1.82 bits per heavy atom. The van der Waals surface area contributed by atoms with Gasteiger partial charge in [0.25, 0.3) is 0 Å². The Balaban J connectivity index is 1.21. The highest BCUT2D eigenvalue weighted by Gasteiger charge is 2.38. The van der Waals surface area contributed by atoms with Gasteiger partial charge in [-0.3, -0.25) is 4.79 Å². The summed E-state index contributed by atoms with van der Waals surface area (Å²) in [4.78, 5) is 28.0. The maximum atomic E-state index is 13.5. The summed E-state index contributed by atoms with van der Waals surface area (Å²) in [5.41, 5.74) is 3.10. The standard InChI is InChI=1S/C30H33Cl2N3O4/c1-30(2,3)39-29(37)35-27-10-9-22(13-21(27)17-33-35)34-12-11-20(28(34)36)14-24-25(31)15-23(16-26(24)32)38-18-19-7-5-4-6-8-19/h4-8,15-17,20,22H,9-14,18H2,1-3H3/t20-,22?/m0/s1. The summed E-state index contributed by atoms with van der Waals surface area (Å²) in [6.45, 7) is 6.61. The molecular weight excluding hydrogens is 537 g/mol. The van der Waals surface area contributed by atoms with Crippen molar-refractivity contribution in [2.75, 3.05) is 6.54 Å². The molecule has 206 valence electrons. The Labute approximate surface area is 239 Å². The molecule has 2 heterocycles. The number of benzene rings is 2. The van der Waals surface area contributed by atoms with Crippen LogP contribution < -0.4 is 4.74 Å². The number of hydrogen-bond acceptors (Lipinski definition) is 5. The molecule has 1 fully saturated rings. The number of amides is 1. The van der Waals surface area contributed by atoms with Gasteiger partial charge < -0.3 is 14.4 Å². The topological polar surface area (TPSA) is 73.7 Å².